The lowest BCUT2D eigenvalue weighted by Crippen LogP contribution is -2.19. The van der Waals surface area contributed by atoms with E-state index in [4.69, 9.17) is 10.2 Å². The molecule has 0 aliphatic heterocycles. The van der Waals surface area contributed by atoms with Gasteiger partial charge in [0.1, 0.15) is 10.8 Å². The number of rotatable bonds is 3. The van der Waals surface area contributed by atoms with E-state index in [-0.39, 0.29) is 18.0 Å². The second-order valence-corrected chi connectivity index (χ2v) is 5.82. The van der Waals surface area contributed by atoms with Crippen LogP contribution in [0.3, 0.4) is 0 Å². The molecule has 2 aromatic rings. The van der Waals surface area contributed by atoms with Crippen molar-refractivity contribution in [2.75, 3.05) is 5.32 Å². The van der Waals surface area contributed by atoms with Crippen LogP contribution in [0, 0.1) is 0 Å². The van der Waals surface area contributed by atoms with E-state index in [1.54, 1.807) is 6.07 Å². The smallest absolute Gasteiger partial charge is 0.291 e. The SMILES string of the molecule is NC(=O)c1c(NC(=O)c2ccco2)sc2c1CCC(=O)C2. The maximum Gasteiger partial charge on any atom is 0.291 e. The molecule has 3 rings (SSSR count). The average Bonchev–Trinajstić information content (AvgIpc) is 3.04. The quantitative estimate of drug-likeness (QED) is 0.901. The number of nitrogens with one attached hydrogen (secondary N) is 1. The molecule has 2 heterocycles. The maximum atomic E-state index is 12.0. The Morgan fingerprint density at radius 3 is 2.81 bits per heavy atom. The van der Waals surface area contributed by atoms with Crippen LogP contribution in [-0.2, 0) is 17.6 Å². The molecule has 0 radical (unpaired) electrons. The number of hydrogen-bond acceptors (Lipinski definition) is 5. The molecule has 0 unspecified atom stereocenters. The first kappa shape index (κ1) is 13.6. The second-order valence-electron chi connectivity index (χ2n) is 4.72. The van der Waals surface area contributed by atoms with Crippen LogP contribution in [0.4, 0.5) is 5.00 Å². The number of hydrogen-bond donors (Lipinski definition) is 2. The van der Waals surface area contributed by atoms with Crippen molar-refractivity contribution in [1.29, 1.82) is 0 Å². The summed E-state index contributed by atoms with van der Waals surface area (Å²) in [6.07, 6.45) is 2.56. The fourth-order valence-corrected chi connectivity index (χ4v) is 3.65. The van der Waals surface area contributed by atoms with Crippen LogP contribution >= 0.6 is 11.3 Å². The van der Waals surface area contributed by atoms with Gasteiger partial charge in [0.2, 0.25) is 0 Å². The minimum absolute atomic E-state index is 0.128. The number of anilines is 1. The Hall–Kier alpha value is -2.41. The third-order valence-electron chi connectivity index (χ3n) is 3.32. The summed E-state index contributed by atoms with van der Waals surface area (Å²) in [5.41, 5.74) is 6.51. The number of carbonyl (C=O) groups is 3. The zero-order valence-electron chi connectivity index (χ0n) is 11.0. The molecule has 1 aliphatic carbocycles. The lowest BCUT2D eigenvalue weighted by Gasteiger charge is -2.10. The van der Waals surface area contributed by atoms with E-state index in [1.165, 1.54) is 23.7 Å². The van der Waals surface area contributed by atoms with E-state index in [0.717, 1.165) is 10.4 Å². The average molecular weight is 304 g/mol. The number of carbonyl (C=O) groups excluding carboxylic acids is 3. The van der Waals surface area contributed by atoms with E-state index >= 15 is 0 Å². The predicted molar refractivity (Wildman–Crippen MR) is 76.5 cm³/mol. The zero-order chi connectivity index (χ0) is 15.0. The molecule has 1 aliphatic rings. The van der Waals surface area contributed by atoms with Gasteiger partial charge in [-0.2, -0.15) is 0 Å². The van der Waals surface area contributed by atoms with Crippen LogP contribution in [0.1, 0.15) is 37.8 Å². The van der Waals surface area contributed by atoms with Crippen LogP contribution in [0.2, 0.25) is 0 Å². The Morgan fingerprint density at radius 1 is 1.33 bits per heavy atom. The number of amides is 2. The number of fused-ring (bicyclic) bond motifs is 1. The molecule has 0 saturated carbocycles. The highest BCUT2D eigenvalue weighted by Gasteiger charge is 2.28. The Bertz CT molecular complexity index is 730. The normalized spacial score (nSPS) is 13.8. The number of ketones is 1. The maximum absolute atomic E-state index is 12.0. The van der Waals surface area contributed by atoms with E-state index < -0.39 is 11.8 Å². The fraction of sp³-hybridized carbons (Fsp3) is 0.214. The van der Waals surface area contributed by atoms with Gasteiger partial charge in [-0.1, -0.05) is 0 Å². The molecule has 0 saturated heterocycles. The van der Waals surface area contributed by atoms with Crippen molar-refractivity contribution in [3.8, 4) is 0 Å². The summed E-state index contributed by atoms with van der Waals surface area (Å²) in [7, 11) is 0. The highest BCUT2D eigenvalue weighted by molar-refractivity contribution is 7.17. The van der Waals surface area contributed by atoms with E-state index in [1.807, 2.05) is 0 Å². The van der Waals surface area contributed by atoms with E-state index in [9.17, 15) is 14.4 Å². The van der Waals surface area contributed by atoms with Gasteiger partial charge in [-0.15, -0.1) is 11.3 Å². The molecule has 2 aromatic heterocycles. The number of primary amides is 1. The molecular weight excluding hydrogens is 292 g/mol. The molecule has 2 amide bonds. The van der Waals surface area contributed by atoms with Gasteiger partial charge in [-0.05, 0) is 24.1 Å². The number of nitrogens with two attached hydrogens (primary N) is 1. The van der Waals surface area contributed by atoms with Gasteiger partial charge in [0.15, 0.2) is 5.76 Å². The molecule has 0 bridgehead atoms. The van der Waals surface area contributed by atoms with Crippen molar-refractivity contribution < 1.29 is 18.8 Å². The first-order chi connectivity index (χ1) is 10.1. The van der Waals surface area contributed by atoms with Gasteiger partial charge in [-0.3, -0.25) is 14.4 Å². The third-order valence-corrected chi connectivity index (χ3v) is 4.47. The summed E-state index contributed by atoms with van der Waals surface area (Å²) in [4.78, 5) is 36.0. The number of Topliss-reactive ketones (excluding diaryl/α,β-unsaturated/α-hetero) is 1. The summed E-state index contributed by atoms with van der Waals surface area (Å²) >= 11 is 1.22. The monoisotopic (exact) mass is 304 g/mol. The van der Waals surface area contributed by atoms with Crippen LogP contribution in [0.15, 0.2) is 22.8 Å². The second kappa shape index (κ2) is 5.17. The van der Waals surface area contributed by atoms with Gasteiger partial charge in [0, 0.05) is 17.7 Å². The molecule has 0 spiro atoms. The van der Waals surface area contributed by atoms with E-state index in [2.05, 4.69) is 5.32 Å². The summed E-state index contributed by atoms with van der Waals surface area (Å²) < 4.78 is 5.01. The van der Waals surface area contributed by atoms with Crippen molar-refractivity contribution in [2.45, 2.75) is 19.3 Å². The van der Waals surface area contributed by atoms with Crippen LogP contribution in [0.25, 0.3) is 0 Å². The Morgan fingerprint density at radius 2 is 2.14 bits per heavy atom. The standard InChI is InChI=1S/C14H12N2O4S/c15-12(18)11-8-4-3-7(17)6-10(8)21-14(11)16-13(19)9-2-1-5-20-9/h1-2,5H,3-4,6H2,(H2,15,18)(H,16,19). The van der Waals surface area contributed by atoms with Crippen LogP contribution in [-0.4, -0.2) is 17.6 Å². The fourth-order valence-electron chi connectivity index (χ4n) is 2.37. The molecule has 0 aromatic carbocycles. The summed E-state index contributed by atoms with van der Waals surface area (Å²) in [6.45, 7) is 0. The zero-order valence-corrected chi connectivity index (χ0v) is 11.8. The summed E-state index contributed by atoms with van der Waals surface area (Å²) in [5, 5.41) is 3.02. The third kappa shape index (κ3) is 2.47. The van der Waals surface area contributed by atoms with Crippen molar-refractivity contribution >= 4 is 33.9 Å². The summed E-state index contributed by atoms with van der Waals surface area (Å²) in [5.74, 6) is -0.777. The van der Waals surface area contributed by atoms with Gasteiger partial charge in [-0.25, -0.2) is 0 Å². The molecule has 3 N–H and O–H groups in total. The predicted octanol–water partition coefficient (Wildman–Crippen LogP) is 1.75. The summed E-state index contributed by atoms with van der Waals surface area (Å²) in [6, 6.07) is 3.12. The Kier molecular flexibility index (Phi) is 3.34. The van der Waals surface area contributed by atoms with Crippen LogP contribution < -0.4 is 11.1 Å². The molecule has 0 fully saturated rings. The topological polar surface area (TPSA) is 102 Å². The van der Waals surface area contributed by atoms with Crippen molar-refractivity contribution in [3.63, 3.8) is 0 Å². The number of thiophene rings is 1. The van der Waals surface area contributed by atoms with Crippen molar-refractivity contribution in [2.24, 2.45) is 5.73 Å². The lowest BCUT2D eigenvalue weighted by molar-refractivity contribution is -0.118. The van der Waals surface area contributed by atoms with Gasteiger partial charge in [0.25, 0.3) is 11.8 Å². The Balaban J connectivity index is 1.96. The molecular formula is C14H12N2O4S. The molecule has 0 atom stereocenters. The van der Waals surface area contributed by atoms with Crippen molar-refractivity contribution in [1.82, 2.24) is 0 Å². The van der Waals surface area contributed by atoms with Crippen LogP contribution in [0.5, 0.6) is 0 Å². The van der Waals surface area contributed by atoms with Gasteiger partial charge >= 0.3 is 0 Å². The molecule has 7 heteroatoms. The Labute approximate surface area is 123 Å². The van der Waals surface area contributed by atoms with Gasteiger partial charge in [0.05, 0.1) is 11.8 Å². The largest absolute Gasteiger partial charge is 0.459 e. The molecule has 108 valence electrons. The molecule has 21 heavy (non-hydrogen) atoms. The number of furan rings is 1. The highest BCUT2D eigenvalue weighted by atomic mass is 32.1. The lowest BCUT2D eigenvalue weighted by atomic mass is 9.94. The van der Waals surface area contributed by atoms with Crippen molar-refractivity contribution in [3.05, 3.63) is 40.2 Å². The highest BCUT2D eigenvalue weighted by Crippen LogP contribution is 2.37. The first-order valence-electron chi connectivity index (χ1n) is 6.37. The molecule has 6 nitrogen and oxygen atoms in total. The van der Waals surface area contributed by atoms with E-state index in [0.29, 0.717) is 23.4 Å². The van der Waals surface area contributed by atoms with Gasteiger partial charge < -0.3 is 15.5 Å². The first-order valence-corrected chi connectivity index (χ1v) is 7.19. The minimum Gasteiger partial charge on any atom is -0.459 e. The minimum atomic E-state index is -0.600.